The van der Waals surface area contributed by atoms with Crippen LogP contribution in [0.1, 0.15) is 28.4 Å². The average molecular weight is 273 g/mol. The topological polar surface area (TPSA) is 70.1 Å². The van der Waals surface area contributed by atoms with Gasteiger partial charge in [-0.15, -0.1) is 0 Å². The third kappa shape index (κ3) is 2.15. The molecule has 0 amide bonds. The Morgan fingerprint density at radius 3 is 2.55 bits per heavy atom. The first kappa shape index (κ1) is 14.1. The summed E-state index contributed by atoms with van der Waals surface area (Å²) in [5, 5.41) is 4.43. The van der Waals surface area contributed by atoms with Crippen molar-refractivity contribution in [2.75, 3.05) is 12.8 Å². The van der Waals surface area contributed by atoms with Crippen LogP contribution in [0.4, 0.5) is 5.82 Å². The van der Waals surface area contributed by atoms with Gasteiger partial charge in [0.25, 0.3) is 0 Å². The minimum Gasteiger partial charge on any atom is -0.496 e. The lowest BCUT2D eigenvalue weighted by Crippen LogP contribution is -2.02. The van der Waals surface area contributed by atoms with Crippen molar-refractivity contribution in [1.82, 2.24) is 9.78 Å². The molecule has 106 valence electrons. The molecule has 0 fully saturated rings. The SMILES string of the molecule is CCn1nc(-c2cc(C)c(C)cc2OC)c(C=O)c1N. The van der Waals surface area contributed by atoms with Gasteiger partial charge in [0.2, 0.25) is 0 Å². The van der Waals surface area contributed by atoms with Crippen molar-refractivity contribution in [2.45, 2.75) is 27.3 Å². The highest BCUT2D eigenvalue weighted by molar-refractivity contribution is 5.93. The third-order valence-corrected chi connectivity index (χ3v) is 3.52. The highest BCUT2D eigenvalue weighted by atomic mass is 16.5. The lowest BCUT2D eigenvalue weighted by molar-refractivity contribution is 0.112. The smallest absolute Gasteiger partial charge is 0.156 e. The second kappa shape index (κ2) is 5.36. The number of carbonyl (C=O) groups is 1. The number of aromatic nitrogens is 2. The number of anilines is 1. The molecule has 0 aliphatic heterocycles. The molecule has 0 bridgehead atoms. The van der Waals surface area contributed by atoms with Crippen molar-refractivity contribution >= 4 is 12.1 Å². The van der Waals surface area contributed by atoms with Crippen molar-refractivity contribution < 1.29 is 9.53 Å². The Bertz CT molecular complexity index is 660. The van der Waals surface area contributed by atoms with Gasteiger partial charge in [0.1, 0.15) is 17.3 Å². The molecule has 0 saturated heterocycles. The van der Waals surface area contributed by atoms with Gasteiger partial charge >= 0.3 is 0 Å². The second-order valence-electron chi connectivity index (χ2n) is 4.72. The van der Waals surface area contributed by atoms with Crippen LogP contribution >= 0.6 is 0 Å². The molecule has 2 aromatic rings. The van der Waals surface area contributed by atoms with E-state index in [2.05, 4.69) is 5.10 Å². The van der Waals surface area contributed by atoms with Crippen LogP contribution in [-0.4, -0.2) is 23.2 Å². The van der Waals surface area contributed by atoms with Gasteiger partial charge in [-0.05, 0) is 44.0 Å². The van der Waals surface area contributed by atoms with Crippen LogP contribution in [-0.2, 0) is 6.54 Å². The summed E-state index contributed by atoms with van der Waals surface area (Å²) in [4.78, 5) is 11.3. The standard InChI is InChI=1S/C15H19N3O2/c1-5-18-15(16)12(8-19)14(17-18)11-6-9(2)10(3)7-13(11)20-4/h6-8H,5,16H2,1-4H3. The fourth-order valence-corrected chi connectivity index (χ4v) is 2.19. The van der Waals surface area contributed by atoms with Crippen LogP contribution in [0, 0.1) is 13.8 Å². The Morgan fingerprint density at radius 2 is 2.00 bits per heavy atom. The number of aldehydes is 1. The average Bonchev–Trinajstić information content (AvgIpc) is 2.77. The first-order chi connectivity index (χ1) is 9.53. The fourth-order valence-electron chi connectivity index (χ4n) is 2.19. The molecular weight excluding hydrogens is 254 g/mol. The number of methoxy groups -OCH3 is 1. The number of rotatable bonds is 4. The predicted octanol–water partition coefficient (Wildman–Crippen LogP) is 2.59. The van der Waals surface area contributed by atoms with E-state index in [1.165, 1.54) is 0 Å². The first-order valence-corrected chi connectivity index (χ1v) is 6.50. The zero-order chi connectivity index (χ0) is 14.9. The number of hydrogen-bond donors (Lipinski definition) is 1. The van der Waals surface area contributed by atoms with Crippen LogP contribution in [0.2, 0.25) is 0 Å². The molecule has 20 heavy (non-hydrogen) atoms. The summed E-state index contributed by atoms with van der Waals surface area (Å²) < 4.78 is 7.03. The molecule has 0 spiro atoms. The monoisotopic (exact) mass is 273 g/mol. The van der Waals surface area contributed by atoms with E-state index >= 15 is 0 Å². The Labute approximate surface area is 118 Å². The number of aryl methyl sites for hydroxylation is 3. The summed E-state index contributed by atoms with van der Waals surface area (Å²) in [6, 6.07) is 3.92. The Balaban J connectivity index is 2.73. The van der Waals surface area contributed by atoms with Gasteiger partial charge < -0.3 is 10.5 Å². The molecule has 5 heteroatoms. The summed E-state index contributed by atoms with van der Waals surface area (Å²) in [6.07, 6.45) is 0.748. The summed E-state index contributed by atoms with van der Waals surface area (Å²) in [5.41, 5.74) is 9.96. The van der Waals surface area contributed by atoms with Crippen molar-refractivity contribution in [1.29, 1.82) is 0 Å². The van der Waals surface area contributed by atoms with Crippen molar-refractivity contribution in [3.05, 3.63) is 28.8 Å². The highest BCUT2D eigenvalue weighted by Gasteiger charge is 2.19. The maximum absolute atomic E-state index is 11.3. The van der Waals surface area contributed by atoms with E-state index < -0.39 is 0 Å². The number of benzene rings is 1. The molecule has 1 aromatic heterocycles. The lowest BCUT2D eigenvalue weighted by atomic mass is 10.0. The van der Waals surface area contributed by atoms with Gasteiger partial charge in [-0.3, -0.25) is 4.79 Å². The maximum atomic E-state index is 11.3. The molecule has 5 nitrogen and oxygen atoms in total. The molecule has 2 N–H and O–H groups in total. The van der Waals surface area contributed by atoms with Gasteiger partial charge in [-0.1, -0.05) is 0 Å². The van der Waals surface area contributed by atoms with Crippen molar-refractivity contribution in [2.24, 2.45) is 0 Å². The Morgan fingerprint density at radius 1 is 1.35 bits per heavy atom. The number of nitrogens with two attached hydrogens (primary N) is 1. The van der Waals surface area contributed by atoms with Crippen LogP contribution in [0.5, 0.6) is 5.75 Å². The highest BCUT2D eigenvalue weighted by Crippen LogP contribution is 2.35. The van der Waals surface area contributed by atoms with E-state index in [-0.39, 0.29) is 0 Å². The van der Waals surface area contributed by atoms with Crippen molar-refractivity contribution in [3.63, 3.8) is 0 Å². The molecule has 0 atom stereocenters. The van der Waals surface area contributed by atoms with Crippen LogP contribution < -0.4 is 10.5 Å². The Hall–Kier alpha value is -2.30. The molecule has 0 radical (unpaired) electrons. The number of nitrogen functional groups attached to an aromatic ring is 1. The van der Waals surface area contributed by atoms with E-state index in [0.717, 1.165) is 23.0 Å². The quantitative estimate of drug-likeness (QED) is 0.869. The molecule has 0 unspecified atom stereocenters. The fraction of sp³-hybridized carbons (Fsp3) is 0.333. The minimum atomic E-state index is 0.387. The van der Waals surface area contributed by atoms with Gasteiger partial charge in [-0.25, -0.2) is 4.68 Å². The normalized spacial score (nSPS) is 10.6. The third-order valence-electron chi connectivity index (χ3n) is 3.52. The molecule has 0 aliphatic rings. The minimum absolute atomic E-state index is 0.387. The second-order valence-corrected chi connectivity index (χ2v) is 4.72. The summed E-state index contributed by atoms with van der Waals surface area (Å²) in [6.45, 7) is 6.57. The molecular formula is C15H19N3O2. The van der Waals surface area contributed by atoms with E-state index in [9.17, 15) is 4.79 Å². The first-order valence-electron chi connectivity index (χ1n) is 6.50. The molecule has 0 saturated carbocycles. The van der Waals surface area contributed by atoms with Gasteiger partial charge in [-0.2, -0.15) is 5.10 Å². The molecule has 2 rings (SSSR count). The number of ether oxygens (including phenoxy) is 1. The molecule has 1 aromatic carbocycles. The number of hydrogen-bond acceptors (Lipinski definition) is 4. The maximum Gasteiger partial charge on any atom is 0.156 e. The van der Waals surface area contributed by atoms with Gasteiger partial charge in [0.15, 0.2) is 6.29 Å². The Kier molecular flexibility index (Phi) is 3.79. The summed E-state index contributed by atoms with van der Waals surface area (Å²) in [5.74, 6) is 1.08. The van der Waals surface area contributed by atoms with Gasteiger partial charge in [0, 0.05) is 12.1 Å². The number of nitrogens with zero attached hydrogens (tertiary/aromatic N) is 2. The van der Waals surface area contributed by atoms with Crippen LogP contribution in [0.15, 0.2) is 12.1 Å². The predicted molar refractivity (Wildman–Crippen MR) is 79.2 cm³/mol. The number of carbonyl (C=O) groups excluding carboxylic acids is 1. The van der Waals surface area contributed by atoms with E-state index in [0.29, 0.717) is 29.4 Å². The van der Waals surface area contributed by atoms with Crippen molar-refractivity contribution in [3.8, 4) is 17.0 Å². The zero-order valence-corrected chi connectivity index (χ0v) is 12.2. The molecule has 0 aliphatic carbocycles. The molecule has 1 heterocycles. The summed E-state index contributed by atoms with van der Waals surface area (Å²) in [7, 11) is 1.61. The van der Waals surface area contributed by atoms with Gasteiger partial charge in [0.05, 0.1) is 12.7 Å². The zero-order valence-electron chi connectivity index (χ0n) is 12.2. The van der Waals surface area contributed by atoms with E-state index in [4.69, 9.17) is 10.5 Å². The van der Waals surface area contributed by atoms with E-state index in [1.807, 2.05) is 32.9 Å². The van der Waals surface area contributed by atoms with Crippen LogP contribution in [0.3, 0.4) is 0 Å². The summed E-state index contributed by atoms with van der Waals surface area (Å²) >= 11 is 0. The lowest BCUT2D eigenvalue weighted by Gasteiger charge is -2.10. The largest absolute Gasteiger partial charge is 0.496 e. The van der Waals surface area contributed by atoms with Crippen LogP contribution in [0.25, 0.3) is 11.3 Å². The van der Waals surface area contributed by atoms with E-state index in [1.54, 1.807) is 11.8 Å².